The summed E-state index contributed by atoms with van der Waals surface area (Å²) in [5, 5.41) is 9.59. The Bertz CT molecular complexity index is 848. The van der Waals surface area contributed by atoms with Crippen molar-refractivity contribution >= 4 is 16.9 Å². The van der Waals surface area contributed by atoms with Gasteiger partial charge in [0.25, 0.3) is 0 Å². The average Bonchev–Trinajstić information content (AvgIpc) is 3.35. The predicted octanol–water partition coefficient (Wildman–Crippen LogP) is 2.29. The van der Waals surface area contributed by atoms with Crippen LogP contribution < -0.4 is 14.9 Å². The quantitative estimate of drug-likeness (QED) is 0.915. The van der Waals surface area contributed by atoms with Gasteiger partial charge in [0.15, 0.2) is 16.9 Å². The number of carboxylic acids is 1. The summed E-state index contributed by atoms with van der Waals surface area (Å²) < 4.78 is 12.7. The summed E-state index contributed by atoms with van der Waals surface area (Å²) in [7, 11) is 3.06. The first kappa shape index (κ1) is 15.4. The average molecular weight is 317 g/mol. The second kappa shape index (κ2) is 5.61. The zero-order valence-electron chi connectivity index (χ0n) is 13.4. The molecule has 1 aromatic heterocycles. The van der Waals surface area contributed by atoms with Crippen molar-refractivity contribution in [3.8, 4) is 11.5 Å². The summed E-state index contributed by atoms with van der Waals surface area (Å²) in [6, 6.07) is 3.75. The van der Waals surface area contributed by atoms with Crippen LogP contribution in [0.3, 0.4) is 0 Å². The first-order valence-electron chi connectivity index (χ1n) is 7.49. The molecule has 1 N–H and O–H groups in total. The van der Waals surface area contributed by atoms with Crippen LogP contribution in [0.2, 0.25) is 0 Å². The number of pyridine rings is 1. The molecule has 1 aliphatic carbocycles. The fraction of sp³-hybridized carbons (Fsp3) is 0.412. The molecular weight excluding hydrogens is 298 g/mol. The third-order valence-corrected chi connectivity index (χ3v) is 4.32. The minimum atomic E-state index is -1.01. The molecule has 1 fully saturated rings. The highest BCUT2D eigenvalue weighted by Gasteiger charge is 2.29. The summed E-state index contributed by atoms with van der Waals surface area (Å²) in [6.45, 7) is 1.81. The Hall–Kier alpha value is -2.50. The summed E-state index contributed by atoms with van der Waals surface area (Å²) in [5.74, 6) is 0.0103. The number of ether oxygens (including phenoxy) is 2. The Morgan fingerprint density at radius 1 is 1.26 bits per heavy atom. The summed E-state index contributed by atoms with van der Waals surface area (Å²) in [6.07, 6.45) is 1.78. The number of hydrogen-bond donors (Lipinski definition) is 1. The minimum absolute atomic E-state index is 0.252. The molecule has 0 aliphatic heterocycles. The first-order valence-corrected chi connectivity index (χ1v) is 7.49. The number of carboxylic acid groups (broad SMARTS) is 1. The molecule has 122 valence electrons. The van der Waals surface area contributed by atoms with Crippen LogP contribution in [0, 0.1) is 6.92 Å². The lowest BCUT2D eigenvalue weighted by Crippen LogP contribution is -2.21. The second-order valence-corrected chi connectivity index (χ2v) is 5.79. The molecule has 1 heterocycles. The fourth-order valence-corrected chi connectivity index (χ4v) is 3.07. The van der Waals surface area contributed by atoms with E-state index in [1.807, 2.05) is 6.92 Å². The van der Waals surface area contributed by atoms with Gasteiger partial charge in [0, 0.05) is 28.8 Å². The highest BCUT2D eigenvalue weighted by atomic mass is 16.5. The molecule has 0 bridgehead atoms. The van der Waals surface area contributed by atoms with Crippen molar-refractivity contribution < 1.29 is 19.4 Å². The van der Waals surface area contributed by atoms with E-state index in [9.17, 15) is 9.59 Å². The van der Waals surface area contributed by atoms with Gasteiger partial charge < -0.3 is 19.1 Å². The van der Waals surface area contributed by atoms with Crippen molar-refractivity contribution in [2.75, 3.05) is 14.2 Å². The van der Waals surface area contributed by atoms with Crippen LogP contribution in [-0.4, -0.2) is 29.9 Å². The number of fused-ring (bicyclic) bond motifs is 1. The summed E-state index contributed by atoms with van der Waals surface area (Å²) >= 11 is 0. The number of carbonyl (C=O) groups is 1. The van der Waals surface area contributed by atoms with Gasteiger partial charge in [-0.1, -0.05) is 0 Å². The Kier molecular flexibility index (Phi) is 3.75. The smallest absolute Gasteiger partial charge is 0.308 e. The molecule has 23 heavy (non-hydrogen) atoms. The summed E-state index contributed by atoms with van der Waals surface area (Å²) in [4.78, 5) is 23.9. The molecule has 0 saturated heterocycles. The molecule has 1 aliphatic rings. The molecule has 0 radical (unpaired) electrons. The van der Waals surface area contributed by atoms with E-state index >= 15 is 0 Å². The van der Waals surface area contributed by atoms with E-state index in [0.29, 0.717) is 28.5 Å². The Morgan fingerprint density at radius 3 is 2.39 bits per heavy atom. The van der Waals surface area contributed by atoms with Gasteiger partial charge in [-0.05, 0) is 25.8 Å². The normalized spacial score (nSPS) is 14.0. The van der Waals surface area contributed by atoms with Gasteiger partial charge in [0.2, 0.25) is 0 Å². The van der Waals surface area contributed by atoms with E-state index in [-0.39, 0.29) is 11.8 Å². The number of aliphatic carboxylic acids is 1. The second-order valence-electron chi connectivity index (χ2n) is 5.79. The molecule has 0 unspecified atom stereocenters. The van der Waals surface area contributed by atoms with E-state index in [2.05, 4.69) is 4.57 Å². The highest BCUT2D eigenvalue weighted by molar-refractivity contribution is 5.85. The highest BCUT2D eigenvalue weighted by Crippen LogP contribution is 2.40. The molecule has 1 aromatic carbocycles. The van der Waals surface area contributed by atoms with E-state index in [0.717, 1.165) is 24.1 Å². The van der Waals surface area contributed by atoms with Gasteiger partial charge in [0.1, 0.15) is 0 Å². The van der Waals surface area contributed by atoms with Crippen molar-refractivity contribution in [3.05, 3.63) is 33.6 Å². The van der Waals surface area contributed by atoms with Gasteiger partial charge in [-0.3, -0.25) is 9.59 Å². The third-order valence-electron chi connectivity index (χ3n) is 4.32. The van der Waals surface area contributed by atoms with Crippen molar-refractivity contribution in [1.29, 1.82) is 0 Å². The molecule has 0 amide bonds. The standard InChI is InChI=1S/C17H19NO5/c1-9-11(7-16(19)20)17(21)12-6-14(22-2)15(23-3)8-13(12)18(9)10-4-5-10/h6,8,10H,4-5,7H2,1-3H3,(H,19,20). The Morgan fingerprint density at radius 2 is 1.87 bits per heavy atom. The van der Waals surface area contributed by atoms with Crippen molar-refractivity contribution in [3.63, 3.8) is 0 Å². The monoisotopic (exact) mass is 317 g/mol. The molecule has 2 aromatic rings. The molecule has 1 saturated carbocycles. The number of benzene rings is 1. The summed E-state index contributed by atoms with van der Waals surface area (Å²) in [5.41, 5.74) is 1.57. The lowest BCUT2D eigenvalue weighted by atomic mass is 10.0. The molecular formula is C17H19NO5. The Balaban J connectivity index is 2.40. The van der Waals surface area contributed by atoms with E-state index in [1.165, 1.54) is 7.11 Å². The van der Waals surface area contributed by atoms with Gasteiger partial charge >= 0.3 is 5.97 Å². The van der Waals surface area contributed by atoms with E-state index in [1.54, 1.807) is 19.2 Å². The van der Waals surface area contributed by atoms with Crippen LogP contribution in [0.25, 0.3) is 10.9 Å². The van der Waals surface area contributed by atoms with Crippen LogP contribution in [0.1, 0.15) is 30.1 Å². The molecule has 0 atom stereocenters. The third kappa shape index (κ3) is 2.54. The first-order chi connectivity index (χ1) is 11.0. The number of hydrogen-bond acceptors (Lipinski definition) is 4. The molecule has 3 rings (SSSR count). The number of rotatable bonds is 5. The molecule has 6 nitrogen and oxygen atoms in total. The van der Waals surface area contributed by atoms with Crippen LogP contribution in [0.4, 0.5) is 0 Å². The van der Waals surface area contributed by atoms with Gasteiger partial charge in [0.05, 0.1) is 26.2 Å². The van der Waals surface area contributed by atoms with Gasteiger partial charge in [-0.2, -0.15) is 0 Å². The van der Waals surface area contributed by atoms with E-state index in [4.69, 9.17) is 14.6 Å². The predicted molar refractivity (Wildman–Crippen MR) is 85.7 cm³/mol. The van der Waals surface area contributed by atoms with Gasteiger partial charge in [-0.25, -0.2) is 0 Å². The lowest BCUT2D eigenvalue weighted by molar-refractivity contribution is -0.136. The minimum Gasteiger partial charge on any atom is -0.493 e. The zero-order chi connectivity index (χ0) is 16.7. The molecule has 6 heteroatoms. The fourth-order valence-electron chi connectivity index (χ4n) is 3.07. The van der Waals surface area contributed by atoms with Crippen LogP contribution in [0.15, 0.2) is 16.9 Å². The maximum Gasteiger partial charge on any atom is 0.308 e. The largest absolute Gasteiger partial charge is 0.493 e. The van der Waals surface area contributed by atoms with Crippen molar-refractivity contribution in [2.24, 2.45) is 0 Å². The Labute approximate surface area is 133 Å². The number of aromatic nitrogens is 1. The lowest BCUT2D eigenvalue weighted by Gasteiger charge is -2.19. The maximum atomic E-state index is 12.8. The van der Waals surface area contributed by atoms with Crippen LogP contribution in [-0.2, 0) is 11.2 Å². The van der Waals surface area contributed by atoms with E-state index < -0.39 is 5.97 Å². The topological polar surface area (TPSA) is 77.8 Å². The van der Waals surface area contributed by atoms with Crippen molar-refractivity contribution in [1.82, 2.24) is 4.57 Å². The van der Waals surface area contributed by atoms with Crippen LogP contribution >= 0.6 is 0 Å². The van der Waals surface area contributed by atoms with Crippen molar-refractivity contribution in [2.45, 2.75) is 32.2 Å². The number of methoxy groups -OCH3 is 2. The zero-order valence-corrected chi connectivity index (χ0v) is 13.4. The van der Waals surface area contributed by atoms with Crippen LogP contribution in [0.5, 0.6) is 11.5 Å². The SMILES string of the molecule is COc1cc2c(=O)c(CC(=O)O)c(C)n(C3CC3)c2cc1OC. The maximum absolute atomic E-state index is 12.8. The number of nitrogens with zero attached hydrogens (tertiary/aromatic N) is 1. The molecule has 0 spiro atoms. The van der Waals surface area contributed by atoms with Gasteiger partial charge in [-0.15, -0.1) is 0 Å².